The van der Waals surface area contributed by atoms with Crippen molar-refractivity contribution in [2.75, 3.05) is 31.6 Å². The van der Waals surface area contributed by atoms with Crippen LogP contribution in [0.5, 0.6) is 0 Å². The summed E-state index contributed by atoms with van der Waals surface area (Å²) in [5, 5.41) is 3.70. The van der Waals surface area contributed by atoms with Gasteiger partial charge in [0.1, 0.15) is 0 Å². The van der Waals surface area contributed by atoms with Gasteiger partial charge in [0, 0.05) is 31.2 Å². The lowest BCUT2D eigenvalue weighted by atomic mass is 9.69. The van der Waals surface area contributed by atoms with Crippen LogP contribution in [0.15, 0.2) is 30.3 Å². The molecule has 1 aromatic carbocycles. The molecule has 118 valence electrons. The highest BCUT2D eigenvalue weighted by Crippen LogP contribution is 2.40. The first kappa shape index (κ1) is 16.4. The first-order valence-corrected chi connectivity index (χ1v) is 8.62. The Morgan fingerprint density at radius 2 is 2.05 bits per heavy atom. The molecular formula is C19H32N2. The molecule has 0 spiro atoms. The van der Waals surface area contributed by atoms with Crippen LogP contribution in [0.3, 0.4) is 0 Å². The van der Waals surface area contributed by atoms with Crippen molar-refractivity contribution < 1.29 is 0 Å². The highest BCUT2D eigenvalue weighted by atomic mass is 15.1. The largest absolute Gasteiger partial charge is 0.374 e. The van der Waals surface area contributed by atoms with E-state index in [1.54, 1.807) is 0 Å². The van der Waals surface area contributed by atoms with E-state index in [9.17, 15) is 0 Å². The molecule has 0 bridgehead atoms. The Balaban J connectivity index is 2.04. The summed E-state index contributed by atoms with van der Waals surface area (Å²) in [7, 11) is 2.25. The first-order valence-electron chi connectivity index (χ1n) is 8.62. The fraction of sp³-hybridized carbons (Fsp3) is 0.684. The summed E-state index contributed by atoms with van der Waals surface area (Å²) in [6.45, 7) is 8.15. The summed E-state index contributed by atoms with van der Waals surface area (Å²) >= 11 is 0. The Morgan fingerprint density at radius 1 is 1.29 bits per heavy atom. The fourth-order valence-electron chi connectivity index (χ4n) is 3.94. The van der Waals surface area contributed by atoms with Crippen molar-refractivity contribution in [1.82, 2.24) is 5.32 Å². The number of benzene rings is 1. The Hall–Kier alpha value is -1.02. The Kier molecular flexibility index (Phi) is 6.10. The predicted molar refractivity (Wildman–Crippen MR) is 92.9 cm³/mol. The second-order valence-electron chi connectivity index (χ2n) is 7.07. The van der Waals surface area contributed by atoms with Crippen molar-refractivity contribution in [2.45, 2.75) is 46.0 Å². The van der Waals surface area contributed by atoms with E-state index < -0.39 is 0 Å². The van der Waals surface area contributed by atoms with E-state index in [-0.39, 0.29) is 0 Å². The SMILES string of the molecule is CCCNCC1(CN(C)c2ccccc2)CCCC(C)C1. The Labute approximate surface area is 130 Å². The second-order valence-corrected chi connectivity index (χ2v) is 7.07. The lowest BCUT2D eigenvalue weighted by molar-refractivity contribution is 0.149. The van der Waals surface area contributed by atoms with Crippen LogP contribution < -0.4 is 10.2 Å². The zero-order chi connectivity index (χ0) is 15.1. The minimum absolute atomic E-state index is 0.442. The van der Waals surface area contributed by atoms with Crippen LogP contribution in [0.4, 0.5) is 5.69 Å². The Bertz CT molecular complexity index is 403. The summed E-state index contributed by atoms with van der Waals surface area (Å²) in [5.74, 6) is 0.867. The van der Waals surface area contributed by atoms with Crippen LogP contribution in [0.25, 0.3) is 0 Å². The number of nitrogens with zero attached hydrogens (tertiary/aromatic N) is 1. The van der Waals surface area contributed by atoms with E-state index >= 15 is 0 Å². The number of nitrogens with one attached hydrogen (secondary N) is 1. The van der Waals surface area contributed by atoms with E-state index in [0.29, 0.717) is 5.41 Å². The average molecular weight is 288 g/mol. The van der Waals surface area contributed by atoms with Crippen LogP contribution in [0.1, 0.15) is 46.0 Å². The van der Waals surface area contributed by atoms with Crippen molar-refractivity contribution in [2.24, 2.45) is 11.3 Å². The lowest BCUT2D eigenvalue weighted by Crippen LogP contribution is -2.46. The molecule has 1 fully saturated rings. The zero-order valence-electron chi connectivity index (χ0n) is 14.1. The molecule has 1 saturated carbocycles. The van der Waals surface area contributed by atoms with E-state index in [2.05, 4.69) is 61.4 Å². The molecule has 0 heterocycles. The molecule has 1 aliphatic carbocycles. The minimum atomic E-state index is 0.442. The maximum atomic E-state index is 3.70. The van der Waals surface area contributed by atoms with Gasteiger partial charge in [-0.2, -0.15) is 0 Å². The molecule has 0 amide bonds. The maximum Gasteiger partial charge on any atom is 0.0363 e. The summed E-state index contributed by atoms with van der Waals surface area (Å²) < 4.78 is 0. The molecule has 1 aromatic rings. The number of hydrogen-bond acceptors (Lipinski definition) is 2. The predicted octanol–water partition coefficient (Wildman–Crippen LogP) is 4.32. The van der Waals surface area contributed by atoms with Gasteiger partial charge in [0.05, 0.1) is 0 Å². The second kappa shape index (κ2) is 7.84. The number of hydrogen-bond donors (Lipinski definition) is 1. The van der Waals surface area contributed by atoms with Gasteiger partial charge in [-0.1, -0.05) is 44.9 Å². The van der Waals surface area contributed by atoms with Crippen LogP contribution >= 0.6 is 0 Å². The highest BCUT2D eigenvalue weighted by Gasteiger charge is 2.35. The van der Waals surface area contributed by atoms with Crippen LogP contribution in [0, 0.1) is 11.3 Å². The quantitative estimate of drug-likeness (QED) is 0.752. The van der Waals surface area contributed by atoms with Crippen LogP contribution in [0.2, 0.25) is 0 Å². The summed E-state index contributed by atoms with van der Waals surface area (Å²) in [6, 6.07) is 10.8. The molecule has 0 aliphatic heterocycles. The summed E-state index contributed by atoms with van der Waals surface area (Å²) in [4.78, 5) is 2.45. The van der Waals surface area contributed by atoms with Crippen LogP contribution in [-0.2, 0) is 0 Å². The van der Waals surface area contributed by atoms with Gasteiger partial charge in [-0.25, -0.2) is 0 Å². The van der Waals surface area contributed by atoms with E-state index in [0.717, 1.165) is 19.0 Å². The average Bonchev–Trinajstić information content (AvgIpc) is 2.48. The Morgan fingerprint density at radius 3 is 2.71 bits per heavy atom. The molecule has 1 aliphatic rings. The van der Waals surface area contributed by atoms with Gasteiger partial charge in [0.25, 0.3) is 0 Å². The number of para-hydroxylation sites is 1. The van der Waals surface area contributed by atoms with Crippen molar-refractivity contribution in [3.8, 4) is 0 Å². The molecule has 0 aromatic heterocycles. The molecule has 0 saturated heterocycles. The standard InChI is InChI=1S/C19H32N2/c1-4-13-20-15-19(12-8-9-17(2)14-19)16-21(3)18-10-6-5-7-11-18/h5-7,10-11,17,20H,4,8-9,12-16H2,1-3H3. The van der Waals surface area contributed by atoms with Crippen molar-refractivity contribution >= 4 is 5.69 Å². The molecule has 2 rings (SSSR count). The summed E-state index contributed by atoms with van der Waals surface area (Å²) in [6.07, 6.45) is 6.74. The fourth-order valence-corrected chi connectivity index (χ4v) is 3.94. The van der Waals surface area contributed by atoms with Gasteiger partial charge in [0.2, 0.25) is 0 Å². The molecule has 2 heteroatoms. The lowest BCUT2D eigenvalue weighted by Gasteiger charge is -2.43. The maximum absolute atomic E-state index is 3.70. The third-order valence-electron chi connectivity index (χ3n) is 4.88. The van der Waals surface area contributed by atoms with Gasteiger partial charge in [-0.15, -0.1) is 0 Å². The van der Waals surface area contributed by atoms with E-state index in [1.807, 2.05) is 0 Å². The van der Waals surface area contributed by atoms with Gasteiger partial charge in [-0.05, 0) is 43.9 Å². The normalized spacial score (nSPS) is 25.8. The number of anilines is 1. The van der Waals surface area contributed by atoms with Crippen LogP contribution in [-0.4, -0.2) is 26.7 Å². The van der Waals surface area contributed by atoms with Gasteiger partial charge < -0.3 is 10.2 Å². The van der Waals surface area contributed by atoms with Gasteiger partial charge in [-0.3, -0.25) is 0 Å². The topological polar surface area (TPSA) is 15.3 Å². The molecule has 0 radical (unpaired) electrons. The molecular weight excluding hydrogens is 256 g/mol. The minimum Gasteiger partial charge on any atom is -0.374 e. The molecule has 21 heavy (non-hydrogen) atoms. The van der Waals surface area contributed by atoms with Crippen molar-refractivity contribution in [1.29, 1.82) is 0 Å². The smallest absolute Gasteiger partial charge is 0.0363 e. The van der Waals surface area contributed by atoms with E-state index in [1.165, 1.54) is 44.3 Å². The monoisotopic (exact) mass is 288 g/mol. The van der Waals surface area contributed by atoms with Crippen molar-refractivity contribution in [3.63, 3.8) is 0 Å². The first-order chi connectivity index (χ1) is 10.2. The summed E-state index contributed by atoms with van der Waals surface area (Å²) in [5.41, 5.74) is 1.78. The zero-order valence-corrected chi connectivity index (χ0v) is 14.1. The van der Waals surface area contributed by atoms with E-state index in [4.69, 9.17) is 0 Å². The molecule has 2 nitrogen and oxygen atoms in total. The van der Waals surface area contributed by atoms with Gasteiger partial charge in [0.15, 0.2) is 0 Å². The number of rotatable bonds is 7. The highest BCUT2D eigenvalue weighted by molar-refractivity contribution is 5.45. The molecule has 1 N–H and O–H groups in total. The molecule has 2 atom stereocenters. The van der Waals surface area contributed by atoms with Crippen molar-refractivity contribution in [3.05, 3.63) is 30.3 Å². The third kappa shape index (κ3) is 4.74. The molecule has 2 unspecified atom stereocenters. The van der Waals surface area contributed by atoms with Gasteiger partial charge >= 0.3 is 0 Å². The third-order valence-corrected chi connectivity index (χ3v) is 4.88.